The molecule has 352 valence electrons. The number of carbonyl (C=O) groups excluding carboxylic acids is 2. The number of imidazole rings is 2. The lowest BCUT2D eigenvalue weighted by molar-refractivity contribution is 0.0937. The Labute approximate surface area is 391 Å². The average Bonchev–Trinajstić information content (AvgIpc) is 3.83. The summed E-state index contributed by atoms with van der Waals surface area (Å²) in [5, 5.41) is 30.6. The molecule has 4 atom stereocenters. The van der Waals surface area contributed by atoms with Crippen LogP contribution in [0.3, 0.4) is 0 Å². The van der Waals surface area contributed by atoms with Crippen LogP contribution < -0.4 is 21.3 Å². The molecule has 2 aliphatic carbocycles. The first kappa shape index (κ1) is 48.2. The molecule has 0 saturated heterocycles. The van der Waals surface area contributed by atoms with Gasteiger partial charge in [-0.15, -0.1) is 0 Å². The Morgan fingerprint density at radius 1 is 0.591 bits per heavy atom. The van der Waals surface area contributed by atoms with Gasteiger partial charge in [0.15, 0.2) is 0 Å². The van der Waals surface area contributed by atoms with E-state index in [1.807, 2.05) is 36.4 Å². The summed E-state index contributed by atoms with van der Waals surface area (Å²) in [5.41, 5.74) is 9.94. The second kappa shape index (κ2) is 20.8. The normalized spacial score (nSPS) is 20.0. The van der Waals surface area contributed by atoms with Gasteiger partial charge >= 0.3 is 0 Å². The Bertz CT molecular complexity index is 2410. The molecule has 12 heteroatoms. The van der Waals surface area contributed by atoms with Gasteiger partial charge in [-0.3, -0.25) is 9.59 Å². The van der Waals surface area contributed by atoms with E-state index in [0.717, 1.165) is 83.9 Å². The van der Waals surface area contributed by atoms with E-state index in [2.05, 4.69) is 134 Å². The number of hydrogen-bond donors (Lipinski definition) is 6. The monoisotopic (exact) mass is 897 g/mol. The maximum Gasteiger partial charge on any atom is 0.251 e. The van der Waals surface area contributed by atoms with Gasteiger partial charge in [0.25, 0.3) is 11.8 Å². The SMILES string of the molecule is CCc1ccc(Nc2nc3cc(C(=O)NCCO)ccc3n2[C@@H]2C[C@H](C)CC(C)(C)C2)cc1.CCc1ccc(Nc2nc3cc(C(=O)NCCO)ccc3n2[C@H]2C[C@@H](C)CC(C)(C)C2)cc1. The molecule has 6 N–H and O–H groups in total. The van der Waals surface area contributed by atoms with Gasteiger partial charge in [0, 0.05) is 47.7 Å². The zero-order chi connectivity index (χ0) is 47.2. The Morgan fingerprint density at radius 3 is 1.30 bits per heavy atom. The third-order valence-corrected chi connectivity index (χ3v) is 13.4. The van der Waals surface area contributed by atoms with Crippen LogP contribution in [-0.2, 0) is 12.8 Å². The zero-order valence-corrected chi connectivity index (χ0v) is 40.4. The summed E-state index contributed by atoms with van der Waals surface area (Å²) in [5.74, 6) is 2.51. The van der Waals surface area contributed by atoms with E-state index >= 15 is 0 Å². The Balaban J connectivity index is 0.000000196. The van der Waals surface area contributed by atoms with Gasteiger partial charge in [0.2, 0.25) is 11.9 Å². The summed E-state index contributed by atoms with van der Waals surface area (Å²) in [6.45, 7) is 18.7. The fourth-order valence-electron chi connectivity index (χ4n) is 10.8. The lowest BCUT2D eigenvalue weighted by Crippen LogP contribution is -2.29. The molecule has 6 aromatic rings. The van der Waals surface area contributed by atoms with Crippen molar-refractivity contribution in [2.24, 2.45) is 22.7 Å². The van der Waals surface area contributed by atoms with Gasteiger partial charge in [-0.25, -0.2) is 9.97 Å². The number of aryl methyl sites for hydroxylation is 2. The largest absolute Gasteiger partial charge is 0.395 e. The second-order valence-corrected chi connectivity index (χ2v) is 20.5. The maximum absolute atomic E-state index is 12.4. The van der Waals surface area contributed by atoms with E-state index in [-0.39, 0.29) is 48.9 Å². The van der Waals surface area contributed by atoms with Gasteiger partial charge in [0.1, 0.15) is 0 Å². The van der Waals surface area contributed by atoms with Crippen molar-refractivity contribution in [3.8, 4) is 0 Å². The molecule has 12 nitrogen and oxygen atoms in total. The molecule has 2 amide bonds. The number of aliphatic hydroxyl groups excluding tert-OH is 2. The average molecular weight is 897 g/mol. The molecule has 0 radical (unpaired) electrons. The third kappa shape index (κ3) is 11.6. The standard InChI is InChI=1S/2C27H36N4O2/c2*1-5-19-6-9-21(10-7-19)29-26-30-23-15-20(25(33)28-12-13-32)8-11-24(23)31(26)22-14-18(2)16-27(3,4)17-22/h2*6-11,15,18,22,32H,5,12-14,16-17H2,1-4H3,(H,28,33)(H,29,30)/t2*18-,22+/m10/s1. The van der Waals surface area contributed by atoms with E-state index < -0.39 is 0 Å². The van der Waals surface area contributed by atoms with Crippen LogP contribution in [0.4, 0.5) is 23.3 Å². The molecule has 2 heterocycles. The smallest absolute Gasteiger partial charge is 0.251 e. The van der Waals surface area contributed by atoms with E-state index in [0.29, 0.717) is 35.0 Å². The van der Waals surface area contributed by atoms with Crippen molar-refractivity contribution in [3.63, 3.8) is 0 Å². The molecule has 4 aromatic carbocycles. The number of carbonyl (C=O) groups is 2. The summed E-state index contributed by atoms with van der Waals surface area (Å²) < 4.78 is 4.69. The molecule has 0 spiro atoms. The van der Waals surface area contributed by atoms with Gasteiger partial charge < -0.3 is 40.6 Å². The highest BCUT2D eigenvalue weighted by Crippen LogP contribution is 2.47. The molecular weight excluding hydrogens is 825 g/mol. The number of aromatic nitrogens is 4. The lowest BCUT2D eigenvalue weighted by atomic mass is 9.70. The number of benzene rings is 4. The minimum Gasteiger partial charge on any atom is -0.395 e. The lowest BCUT2D eigenvalue weighted by Gasteiger charge is -2.40. The first-order chi connectivity index (χ1) is 31.6. The molecule has 8 rings (SSSR count). The van der Waals surface area contributed by atoms with E-state index in [1.165, 1.54) is 24.0 Å². The van der Waals surface area contributed by atoms with Gasteiger partial charge in [0.05, 0.1) is 35.3 Å². The van der Waals surface area contributed by atoms with Crippen LogP contribution in [0.1, 0.15) is 138 Å². The number of nitrogens with zero attached hydrogens (tertiary/aromatic N) is 4. The van der Waals surface area contributed by atoms with E-state index in [4.69, 9.17) is 20.2 Å². The van der Waals surface area contributed by atoms with Crippen LogP contribution in [0.15, 0.2) is 84.9 Å². The van der Waals surface area contributed by atoms with Crippen molar-refractivity contribution in [2.45, 2.75) is 119 Å². The topological polar surface area (TPSA) is 158 Å². The Hall–Kier alpha value is -5.72. The quantitative estimate of drug-likeness (QED) is 0.0631. The first-order valence-corrected chi connectivity index (χ1v) is 24.1. The molecule has 0 unspecified atom stereocenters. The number of fused-ring (bicyclic) bond motifs is 2. The Morgan fingerprint density at radius 2 is 0.970 bits per heavy atom. The van der Waals surface area contributed by atoms with Crippen LogP contribution in [-0.4, -0.2) is 67.4 Å². The van der Waals surface area contributed by atoms with E-state index in [9.17, 15) is 9.59 Å². The van der Waals surface area contributed by atoms with Gasteiger partial charge in [-0.1, -0.05) is 79.7 Å². The van der Waals surface area contributed by atoms with Crippen molar-refractivity contribution in [1.82, 2.24) is 29.7 Å². The van der Waals surface area contributed by atoms with Crippen LogP contribution in [0, 0.1) is 22.7 Å². The summed E-state index contributed by atoms with van der Waals surface area (Å²) in [7, 11) is 0. The van der Waals surface area contributed by atoms with Crippen molar-refractivity contribution in [1.29, 1.82) is 0 Å². The minimum atomic E-state index is -0.197. The summed E-state index contributed by atoms with van der Waals surface area (Å²) >= 11 is 0. The molecule has 2 aliphatic rings. The highest BCUT2D eigenvalue weighted by Gasteiger charge is 2.36. The number of anilines is 4. The number of hydrogen-bond acceptors (Lipinski definition) is 8. The predicted molar refractivity (Wildman–Crippen MR) is 268 cm³/mol. The molecule has 0 aliphatic heterocycles. The van der Waals surface area contributed by atoms with Crippen molar-refractivity contribution < 1.29 is 19.8 Å². The fraction of sp³-hybridized carbons (Fsp3) is 0.481. The number of rotatable bonds is 14. The first-order valence-electron chi connectivity index (χ1n) is 24.1. The number of amides is 2. The van der Waals surface area contributed by atoms with Gasteiger partial charge in [-0.05, 0) is 146 Å². The Kier molecular flexibility index (Phi) is 15.2. The third-order valence-electron chi connectivity index (χ3n) is 13.4. The summed E-state index contributed by atoms with van der Waals surface area (Å²) in [6.07, 6.45) is 8.87. The predicted octanol–water partition coefficient (Wildman–Crippen LogP) is 10.9. The van der Waals surface area contributed by atoms with Crippen LogP contribution in [0.25, 0.3) is 22.1 Å². The highest BCUT2D eigenvalue weighted by molar-refractivity contribution is 5.98. The highest BCUT2D eigenvalue weighted by atomic mass is 16.3. The van der Waals surface area contributed by atoms with Gasteiger partial charge in [-0.2, -0.15) is 0 Å². The van der Waals surface area contributed by atoms with Crippen LogP contribution >= 0.6 is 0 Å². The van der Waals surface area contributed by atoms with Crippen LogP contribution in [0.5, 0.6) is 0 Å². The van der Waals surface area contributed by atoms with Crippen molar-refractivity contribution in [3.05, 3.63) is 107 Å². The maximum atomic E-state index is 12.4. The molecule has 2 aromatic heterocycles. The number of nitrogens with one attached hydrogen (secondary N) is 4. The molecule has 66 heavy (non-hydrogen) atoms. The molecule has 2 fully saturated rings. The minimum absolute atomic E-state index is 0.0802. The molecule has 0 bridgehead atoms. The summed E-state index contributed by atoms with van der Waals surface area (Å²) in [6, 6.07) is 29.1. The number of aliphatic hydroxyl groups is 2. The second-order valence-electron chi connectivity index (χ2n) is 20.5. The summed E-state index contributed by atoms with van der Waals surface area (Å²) in [4.78, 5) is 34.8. The van der Waals surface area contributed by atoms with Crippen molar-refractivity contribution >= 4 is 57.2 Å². The fourth-order valence-corrected chi connectivity index (χ4v) is 10.8. The molecular formula is C54H72N8O4. The van der Waals surface area contributed by atoms with E-state index in [1.54, 1.807) is 0 Å². The van der Waals surface area contributed by atoms with Crippen LogP contribution in [0.2, 0.25) is 0 Å². The van der Waals surface area contributed by atoms with Crippen molar-refractivity contribution in [2.75, 3.05) is 36.9 Å². The molecule has 2 saturated carbocycles. The zero-order valence-electron chi connectivity index (χ0n) is 40.4.